The van der Waals surface area contributed by atoms with Gasteiger partial charge in [0, 0.05) is 6.54 Å². The van der Waals surface area contributed by atoms with E-state index in [1.54, 1.807) is 6.07 Å². The highest BCUT2D eigenvalue weighted by atomic mass is 35.5. The number of nitrogen functional groups attached to an aromatic ring is 1. The van der Waals surface area contributed by atoms with Crippen molar-refractivity contribution in [3.63, 3.8) is 0 Å². The van der Waals surface area contributed by atoms with Crippen LogP contribution in [0.3, 0.4) is 0 Å². The largest absolute Gasteiger partial charge is 0.398 e. The molecule has 3 aromatic rings. The summed E-state index contributed by atoms with van der Waals surface area (Å²) >= 11 is 5.95. The molecule has 0 aliphatic carbocycles. The molecule has 0 amide bonds. The fourth-order valence-electron chi connectivity index (χ4n) is 2.38. The molecule has 0 spiro atoms. The van der Waals surface area contributed by atoms with Gasteiger partial charge < -0.3 is 10.3 Å². The van der Waals surface area contributed by atoms with Crippen molar-refractivity contribution in [3.8, 4) is 6.07 Å². The van der Waals surface area contributed by atoms with Crippen LogP contribution in [0.25, 0.3) is 11.0 Å². The average Bonchev–Trinajstić information content (AvgIpc) is 2.81. The number of benzene rings is 2. The van der Waals surface area contributed by atoms with Gasteiger partial charge in [-0.3, -0.25) is 0 Å². The lowest BCUT2D eigenvalue weighted by atomic mass is 10.2. The minimum Gasteiger partial charge on any atom is -0.398 e. The summed E-state index contributed by atoms with van der Waals surface area (Å²) < 4.78 is 2.04. The Bertz CT molecular complexity index is 845. The molecule has 0 saturated heterocycles. The predicted octanol–water partition coefficient (Wildman–Crippen LogP) is 3.39. The van der Waals surface area contributed by atoms with E-state index < -0.39 is 0 Å². The van der Waals surface area contributed by atoms with Crippen molar-refractivity contribution in [1.82, 2.24) is 9.55 Å². The van der Waals surface area contributed by atoms with E-state index in [1.165, 1.54) is 0 Å². The van der Waals surface area contributed by atoms with E-state index in [2.05, 4.69) is 11.1 Å². The normalized spacial score (nSPS) is 10.7. The molecule has 104 valence electrons. The fraction of sp³-hybridized carbons (Fsp3) is 0.125. The molecular weight excluding hydrogens is 284 g/mol. The lowest BCUT2D eigenvalue weighted by molar-refractivity contribution is 0.770. The summed E-state index contributed by atoms with van der Waals surface area (Å²) in [4.78, 5) is 4.52. The zero-order valence-corrected chi connectivity index (χ0v) is 12.0. The van der Waals surface area contributed by atoms with Crippen LogP contribution in [-0.4, -0.2) is 9.55 Å². The number of aromatic nitrogens is 2. The van der Waals surface area contributed by atoms with Crippen LogP contribution in [0, 0.1) is 11.3 Å². The molecule has 0 atom stereocenters. The van der Waals surface area contributed by atoms with Crippen molar-refractivity contribution in [3.05, 3.63) is 58.9 Å². The van der Waals surface area contributed by atoms with Crippen molar-refractivity contribution in [2.75, 3.05) is 5.73 Å². The third kappa shape index (κ3) is 2.56. The van der Waals surface area contributed by atoms with Gasteiger partial charge in [0.25, 0.3) is 0 Å². The van der Waals surface area contributed by atoms with Crippen LogP contribution < -0.4 is 5.73 Å². The first-order valence-electron chi connectivity index (χ1n) is 6.54. The maximum atomic E-state index is 8.98. The summed E-state index contributed by atoms with van der Waals surface area (Å²) in [5.74, 6) is 0.757. The molecule has 0 aliphatic heterocycles. The number of fused-ring (bicyclic) bond motifs is 1. The first-order valence-corrected chi connectivity index (χ1v) is 6.92. The van der Waals surface area contributed by atoms with Gasteiger partial charge in [-0.05, 0) is 29.8 Å². The summed E-state index contributed by atoms with van der Waals surface area (Å²) in [6.07, 6.45) is 0.276. The Hall–Kier alpha value is -2.51. The quantitative estimate of drug-likeness (QED) is 0.753. The van der Waals surface area contributed by atoms with Gasteiger partial charge in [0.2, 0.25) is 0 Å². The number of hydrogen-bond acceptors (Lipinski definition) is 3. The van der Waals surface area contributed by atoms with Gasteiger partial charge in [0.05, 0.1) is 34.2 Å². The van der Waals surface area contributed by atoms with Crippen LogP contribution in [0.4, 0.5) is 5.69 Å². The van der Waals surface area contributed by atoms with E-state index in [0.717, 1.165) is 22.4 Å². The molecule has 2 N–H and O–H groups in total. The third-order valence-electron chi connectivity index (χ3n) is 3.37. The zero-order valence-electron chi connectivity index (χ0n) is 11.3. The first-order chi connectivity index (χ1) is 10.2. The SMILES string of the molecule is N#CCc1nc2ccccc2n1Cc1ccc(Cl)c(N)c1. The predicted molar refractivity (Wildman–Crippen MR) is 84.0 cm³/mol. The summed E-state index contributed by atoms with van der Waals surface area (Å²) in [5.41, 5.74) is 9.34. The Kier molecular flexibility index (Phi) is 3.51. The van der Waals surface area contributed by atoms with E-state index in [1.807, 2.05) is 41.0 Å². The molecule has 3 rings (SSSR count). The molecule has 4 nitrogen and oxygen atoms in total. The van der Waals surface area contributed by atoms with Crippen LogP contribution in [0.15, 0.2) is 42.5 Å². The van der Waals surface area contributed by atoms with Crippen LogP contribution in [0.5, 0.6) is 0 Å². The first kappa shape index (κ1) is 13.5. The molecule has 2 aromatic carbocycles. The number of hydrogen-bond donors (Lipinski definition) is 1. The van der Waals surface area contributed by atoms with Crippen molar-refractivity contribution in [2.24, 2.45) is 0 Å². The second-order valence-electron chi connectivity index (χ2n) is 4.79. The lowest BCUT2D eigenvalue weighted by Gasteiger charge is -2.09. The Labute approximate surface area is 127 Å². The van der Waals surface area contributed by atoms with Gasteiger partial charge in [-0.25, -0.2) is 4.98 Å². The number of nitrogens with zero attached hydrogens (tertiary/aromatic N) is 3. The molecular formula is C16H13ClN4. The fourth-order valence-corrected chi connectivity index (χ4v) is 2.50. The van der Waals surface area contributed by atoms with Gasteiger partial charge in [-0.1, -0.05) is 29.8 Å². The standard InChI is InChI=1S/C16H13ClN4/c17-12-6-5-11(9-13(12)19)10-21-15-4-2-1-3-14(15)20-16(21)7-8-18/h1-6,9H,7,10,19H2. The molecule has 0 saturated carbocycles. The van der Waals surface area contributed by atoms with Gasteiger partial charge in [0.1, 0.15) is 5.82 Å². The molecule has 1 aromatic heterocycles. The minimum absolute atomic E-state index is 0.276. The molecule has 1 heterocycles. The van der Waals surface area contributed by atoms with Gasteiger partial charge in [-0.15, -0.1) is 0 Å². The summed E-state index contributed by atoms with van der Waals surface area (Å²) in [6.45, 7) is 0.610. The highest BCUT2D eigenvalue weighted by Gasteiger charge is 2.11. The van der Waals surface area contributed by atoms with Crippen molar-refractivity contribution >= 4 is 28.3 Å². The number of anilines is 1. The maximum Gasteiger partial charge on any atom is 0.124 e. The lowest BCUT2D eigenvalue weighted by Crippen LogP contribution is -2.05. The van der Waals surface area contributed by atoms with E-state index >= 15 is 0 Å². The number of imidazole rings is 1. The molecule has 5 heteroatoms. The zero-order chi connectivity index (χ0) is 14.8. The topological polar surface area (TPSA) is 67.6 Å². The van der Waals surface area contributed by atoms with Crippen LogP contribution in [0.2, 0.25) is 5.02 Å². The minimum atomic E-state index is 0.276. The third-order valence-corrected chi connectivity index (χ3v) is 3.72. The summed E-state index contributed by atoms with van der Waals surface area (Å²) in [5, 5.41) is 9.52. The van der Waals surface area contributed by atoms with Crippen molar-refractivity contribution in [1.29, 1.82) is 5.26 Å². The van der Waals surface area contributed by atoms with Gasteiger partial charge >= 0.3 is 0 Å². The van der Waals surface area contributed by atoms with E-state index in [4.69, 9.17) is 22.6 Å². The number of halogens is 1. The van der Waals surface area contributed by atoms with Gasteiger partial charge in [0.15, 0.2) is 0 Å². The molecule has 0 fully saturated rings. The molecule has 0 aliphatic rings. The molecule has 0 radical (unpaired) electrons. The van der Waals surface area contributed by atoms with Crippen molar-refractivity contribution < 1.29 is 0 Å². The van der Waals surface area contributed by atoms with Crippen LogP contribution >= 0.6 is 11.6 Å². The highest BCUT2D eigenvalue weighted by molar-refractivity contribution is 6.33. The molecule has 21 heavy (non-hydrogen) atoms. The number of para-hydroxylation sites is 2. The number of nitrogens with two attached hydrogens (primary N) is 1. The monoisotopic (exact) mass is 296 g/mol. The summed E-state index contributed by atoms with van der Waals surface area (Å²) in [7, 11) is 0. The Morgan fingerprint density at radius 1 is 1.24 bits per heavy atom. The second kappa shape index (κ2) is 5.47. The Balaban J connectivity index is 2.08. The maximum absolute atomic E-state index is 8.98. The van der Waals surface area contributed by atoms with Gasteiger partial charge in [-0.2, -0.15) is 5.26 Å². The van der Waals surface area contributed by atoms with E-state index in [0.29, 0.717) is 17.3 Å². The van der Waals surface area contributed by atoms with Crippen molar-refractivity contribution in [2.45, 2.75) is 13.0 Å². The molecule has 0 bridgehead atoms. The second-order valence-corrected chi connectivity index (χ2v) is 5.20. The average molecular weight is 297 g/mol. The number of nitriles is 1. The van der Waals surface area contributed by atoms with E-state index in [-0.39, 0.29) is 6.42 Å². The number of rotatable bonds is 3. The Morgan fingerprint density at radius 3 is 2.81 bits per heavy atom. The smallest absolute Gasteiger partial charge is 0.124 e. The van der Waals surface area contributed by atoms with E-state index in [9.17, 15) is 0 Å². The van der Waals surface area contributed by atoms with Crippen LogP contribution in [0.1, 0.15) is 11.4 Å². The van der Waals surface area contributed by atoms with Crippen LogP contribution in [-0.2, 0) is 13.0 Å². The highest BCUT2D eigenvalue weighted by Crippen LogP contribution is 2.22. The molecule has 0 unspecified atom stereocenters. The summed E-state index contributed by atoms with van der Waals surface area (Å²) in [6, 6.07) is 15.6. The Morgan fingerprint density at radius 2 is 2.05 bits per heavy atom.